The summed E-state index contributed by atoms with van der Waals surface area (Å²) in [6.07, 6.45) is 2.45. The van der Waals surface area contributed by atoms with Gasteiger partial charge in [-0.15, -0.1) is 0 Å². The van der Waals surface area contributed by atoms with Gasteiger partial charge in [0.2, 0.25) is 5.91 Å². The highest BCUT2D eigenvalue weighted by atomic mass is 35.5. The Bertz CT molecular complexity index is 936. The maximum absolute atomic E-state index is 12.7. The summed E-state index contributed by atoms with van der Waals surface area (Å²) in [5, 5.41) is 13.2. The number of nitrogens with one attached hydrogen (secondary N) is 1. The van der Waals surface area contributed by atoms with E-state index >= 15 is 0 Å². The van der Waals surface area contributed by atoms with Crippen LogP contribution in [0.15, 0.2) is 36.4 Å². The van der Waals surface area contributed by atoms with E-state index in [2.05, 4.69) is 5.32 Å². The van der Waals surface area contributed by atoms with Crippen molar-refractivity contribution in [2.24, 2.45) is 0 Å². The third kappa shape index (κ3) is 3.15. The van der Waals surface area contributed by atoms with E-state index in [-0.39, 0.29) is 17.6 Å². The van der Waals surface area contributed by atoms with Crippen molar-refractivity contribution >= 4 is 40.8 Å². The molecule has 2 aromatic carbocycles. The predicted octanol–water partition coefficient (Wildman–Crippen LogP) is 4.90. The number of carboxylic acids is 1. The van der Waals surface area contributed by atoms with Gasteiger partial charge in [-0.3, -0.25) is 4.79 Å². The highest BCUT2D eigenvalue weighted by Gasteiger charge is 2.49. The van der Waals surface area contributed by atoms with Gasteiger partial charge in [-0.25, -0.2) is 4.79 Å². The predicted molar refractivity (Wildman–Crippen MR) is 103 cm³/mol. The van der Waals surface area contributed by atoms with Crippen LogP contribution in [0.5, 0.6) is 5.75 Å². The molecule has 0 unspecified atom stereocenters. The second kappa shape index (κ2) is 6.73. The molecule has 1 aliphatic heterocycles. The summed E-state index contributed by atoms with van der Waals surface area (Å²) in [4.78, 5) is 24.0. The molecule has 5 nitrogen and oxygen atoms in total. The molecule has 7 heteroatoms. The monoisotopic (exact) mass is 405 g/mol. The Morgan fingerprint density at radius 1 is 1.15 bits per heavy atom. The SMILES string of the molecule is O=C(O)c1ccc2c(c1)[C@]1(CC[C@H](Oc3ccc(Cl)cc3Cl)CC1)C(=O)N2. The van der Waals surface area contributed by atoms with Crippen LogP contribution in [0, 0.1) is 0 Å². The van der Waals surface area contributed by atoms with Gasteiger partial charge < -0.3 is 15.2 Å². The van der Waals surface area contributed by atoms with Gasteiger partial charge in [0.15, 0.2) is 0 Å². The van der Waals surface area contributed by atoms with E-state index in [0.29, 0.717) is 47.2 Å². The van der Waals surface area contributed by atoms with Gasteiger partial charge in [-0.2, -0.15) is 0 Å². The Balaban J connectivity index is 1.54. The number of anilines is 1. The van der Waals surface area contributed by atoms with E-state index in [1.54, 1.807) is 30.3 Å². The van der Waals surface area contributed by atoms with E-state index in [4.69, 9.17) is 27.9 Å². The van der Waals surface area contributed by atoms with Crippen molar-refractivity contribution in [2.75, 3.05) is 5.32 Å². The molecule has 1 amide bonds. The summed E-state index contributed by atoms with van der Waals surface area (Å²) in [7, 11) is 0. The molecule has 2 N–H and O–H groups in total. The van der Waals surface area contributed by atoms with Gasteiger partial charge >= 0.3 is 5.97 Å². The smallest absolute Gasteiger partial charge is 0.335 e. The van der Waals surface area contributed by atoms with Crippen molar-refractivity contribution in [3.05, 3.63) is 57.6 Å². The number of ether oxygens (including phenoxy) is 1. The van der Waals surface area contributed by atoms with E-state index in [9.17, 15) is 14.7 Å². The Morgan fingerprint density at radius 2 is 1.89 bits per heavy atom. The number of amides is 1. The first-order valence-electron chi connectivity index (χ1n) is 8.70. The Morgan fingerprint density at radius 3 is 2.56 bits per heavy atom. The van der Waals surface area contributed by atoms with Crippen LogP contribution in [0.3, 0.4) is 0 Å². The second-order valence-corrected chi connectivity index (χ2v) is 7.84. The Kier molecular flexibility index (Phi) is 4.52. The van der Waals surface area contributed by atoms with Crippen LogP contribution >= 0.6 is 23.2 Å². The molecule has 1 saturated carbocycles. The molecule has 0 radical (unpaired) electrons. The molecular weight excluding hydrogens is 389 g/mol. The van der Waals surface area contributed by atoms with Crippen molar-refractivity contribution in [2.45, 2.75) is 37.2 Å². The number of aromatic carboxylic acids is 1. The minimum atomic E-state index is -0.998. The Hall–Kier alpha value is -2.24. The molecule has 27 heavy (non-hydrogen) atoms. The lowest BCUT2D eigenvalue weighted by Gasteiger charge is -2.36. The zero-order valence-electron chi connectivity index (χ0n) is 14.3. The number of carbonyl (C=O) groups excluding carboxylic acids is 1. The van der Waals surface area contributed by atoms with Crippen molar-refractivity contribution in [3.8, 4) is 5.75 Å². The number of fused-ring (bicyclic) bond motifs is 2. The fourth-order valence-electron chi connectivity index (χ4n) is 4.00. The largest absolute Gasteiger partial charge is 0.489 e. The highest BCUT2D eigenvalue weighted by molar-refractivity contribution is 6.35. The van der Waals surface area contributed by atoms with Crippen molar-refractivity contribution in [1.82, 2.24) is 0 Å². The number of hydrogen-bond acceptors (Lipinski definition) is 3. The molecule has 1 fully saturated rings. The number of rotatable bonds is 3. The molecule has 1 aliphatic carbocycles. The molecule has 0 saturated heterocycles. The number of carbonyl (C=O) groups is 2. The molecule has 1 spiro atoms. The number of hydrogen-bond donors (Lipinski definition) is 2. The highest BCUT2D eigenvalue weighted by Crippen LogP contribution is 2.48. The topological polar surface area (TPSA) is 75.6 Å². The first-order chi connectivity index (χ1) is 12.9. The molecule has 4 rings (SSSR count). The fourth-order valence-corrected chi connectivity index (χ4v) is 4.45. The molecule has 1 heterocycles. The standard InChI is InChI=1S/C20H17Cl2NO4/c21-12-2-4-17(15(22)10-12)27-13-5-7-20(8-6-13)14-9-11(18(24)25)1-3-16(14)23-19(20)26/h1-4,9-10,13H,5-8H2,(H,23,26)(H,24,25)/t13-,20+. The quantitative estimate of drug-likeness (QED) is 0.760. The molecule has 0 atom stereocenters. The molecule has 140 valence electrons. The Labute approximate surface area is 166 Å². The first-order valence-corrected chi connectivity index (χ1v) is 9.46. The summed E-state index contributed by atoms with van der Waals surface area (Å²) in [6.45, 7) is 0. The average molecular weight is 406 g/mol. The molecule has 2 aliphatic rings. The van der Waals surface area contributed by atoms with Crippen molar-refractivity contribution in [1.29, 1.82) is 0 Å². The lowest BCUT2D eigenvalue weighted by atomic mass is 9.69. The lowest BCUT2D eigenvalue weighted by Crippen LogP contribution is -2.41. The number of carboxylic acid groups (broad SMARTS) is 1. The van der Waals surface area contributed by atoms with E-state index in [0.717, 1.165) is 5.56 Å². The van der Waals surface area contributed by atoms with Gasteiger partial charge in [-0.1, -0.05) is 23.2 Å². The lowest BCUT2D eigenvalue weighted by molar-refractivity contribution is -0.122. The van der Waals surface area contributed by atoms with Gasteiger partial charge in [-0.05, 0) is 67.6 Å². The first kappa shape index (κ1) is 18.1. The molecule has 0 bridgehead atoms. The summed E-state index contributed by atoms with van der Waals surface area (Å²) in [5.74, 6) is -0.490. The minimum Gasteiger partial charge on any atom is -0.489 e. The van der Waals surface area contributed by atoms with Crippen LogP contribution < -0.4 is 10.1 Å². The summed E-state index contributed by atoms with van der Waals surface area (Å²) >= 11 is 12.1. The van der Waals surface area contributed by atoms with Crippen molar-refractivity contribution in [3.63, 3.8) is 0 Å². The second-order valence-electron chi connectivity index (χ2n) is 6.99. The zero-order valence-corrected chi connectivity index (χ0v) is 15.8. The van der Waals surface area contributed by atoms with E-state index in [1.165, 1.54) is 6.07 Å². The average Bonchev–Trinajstić information content (AvgIpc) is 2.90. The maximum Gasteiger partial charge on any atom is 0.335 e. The van der Waals surface area contributed by atoms with Crippen LogP contribution in [0.1, 0.15) is 41.6 Å². The van der Waals surface area contributed by atoms with Crippen molar-refractivity contribution < 1.29 is 19.4 Å². The molecule has 0 aromatic heterocycles. The van der Waals surface area contributed by atoms with Crippen LogP contribution in [0.4, 0.5) is 5.69 Å². The van der Waals surface area contributed by atoms with Crippen LogP contribution in [0.2, 0.25) is 10.0 Å². The third-order valence-electron chi connectivity index (χ3n) is 5.44. The van der Waals surface area contributed by atoms with Gasteiger partial charge in [0.1, 0.15) is 5.75 Å². The summed E-state index contributed by atoms with van der Waals surface area (Å²) < 4.78 is 6.01. The molecule has 2 aromatic rings. The zero-order chi connectivity index (χ0) is 19.2. The van der Waals surface area contributed by atoms with Crippen LogP contribution in [-0.2, 0) is 10.2 Å². The van der Waals surface area contributed by atoms with Crippen LogP contribution in [0.25, 0.3) is 0 Å². The van der Waals surface area contributed by atoms with Crippen LogP contribution in [-0.4, -0.2) is 23.1 Å². The van der Waals surface area contributed by atoms with Gasteiger partial charge in [0.25, 0.3) is 0 Å². The molecular formula is C20H17Cl2NO4. The minimum absolute atomic E-state index is 0.0613. The summed E-state index contributed by atoms with van der Waals surface area (Å²) in [6, 6.07) is 9.90. The fraction of sp³-hybridized carbons (Fsp3) is 0.300. The number of halogens is 2. The maximum atomic E-state index is 12.7. The van der Waals surface area contributed by atoms with E-state index in [1.807, 2.05) is 0 Å². The van der Waals surface area contributed by atoms with Gasteiger partial charge in [0, 0.05) is 10.7 Å². The van der Waals surface area contributed by atoms with E-state index < -0.39 is 11.4 Å². The number of benzene rings is 2. The third-order valence-corrected chi connectivity index (χ3v) is 5.97. The normalized spacial score (nSPS) is 23.8. The summed E-state index contributed by atoms with van der Waals surface area (Å²) in [5.41, 5.74) is 0.973. The van der Waals surface area contributed by atoms with Gasteiger partial charge in [0.05, 0.1) is 22.1 Å².